The Morgan fingerprint density at radius 2 is 1.90 bits per heavy atom. The van der Waals surface area contributed by atoms with Gasteiger partial charge < -0.3 is 14.5 Å². The maximum absolute atomic E-state index is 12.0. The van der Waals surface area contributed by atoms with Crippen molar-refractivity contribution in [2.75, 3.05) is 6.61 Å². The van der Waals surface area contributed by atoms with Crippen LogP contribution in [0.2, 0.25) is 13.1 Å². The van der Waals surface area contributed by atoms with Gasteiger partial charge in [-0.05, 0) is 18.5 Å². The first-order valence-corrected chi connectivity index (χ1v) is 10.4. The van der Waals surface area contributed by atoms with Crippen molar-refractivity contribution < 1.29 is 18.8 Å². The zero-order chi connectivity index (χ0) is 16.4. The van der Waals surface area contributed by atoms with E-state index >= 15 is 0 Å². The van der Waals surface area contributed by atoms with Crippen LogP contribution in [-0.2, 0) is 18.8 Å². The molecule has 21 heavy (non-hydrogen) atoms. The van der Waals surface area contributed by atoms with Gasteiger partial charge in [-0.25, -0.2) is 0 Å². The summed E-state index contributed by atoms with van der Waals surface area (Å²) in [6.07, 6.45) is -0.519. The zero-order valence-electron chi connectivity index (χ0n) is 14.2. The van der Waals surface area contributed by atoms with Gasteiger partial charge in [-0.15, -0.1) is 0 Å². The summed E-state index contributed by atoms with van der Waals surface area (Å²) in [5.41, 5.74) is -0.0891. The van der Waals surface area contributed by atoms with E-state index in [1.54, 1.807) is 13.8 Å². The molecule has 0 aromatic rings. The first-order valence-electron chi connectivity index (χ1n) is 7.66. The number of carbonyl (C=O) groups excluding carboxylic acids is 2. The molecule has 1 N–H and O–H groups in total. The average molecular weight is 315 g/mol. The highest BCUT2D eigenvalue weighted by Crippen LogP contribution is 2.38. The van der Waals surface area contributed by atoms with Crippen LogP contribution in [-0.4, -0.2) is 33.8 Å². The smallest absolute Gasteiger partial charge is 0.310 e. The van der Waals surface area contributed by atoms with Gasteiger partial charge in [0, 0.05) is 12.5 Å². The monoisotopic (exact) mass is 315 g/mol. The number of nitrogens with one attached hydrogen (secondary N) is 1. The molecule has 0 spiro atoms. The molecule has 5 nitrogen and oxygen atoms in total. The molecule has 1 saturated heterocycles. The minimum absolute atomic E-state index is 0.0334. The zero-order valence-corrected chi connectivity index (χ0v) is 15.4. The Morgan fingerprint density at radius 1 is 1.33 bits per heavy atom. The number of esters is 1. The Morgan fingerprint density at radius 3 is 2.29 bits per heavy atom. The van der Waals surface area contributed by atoms with Crippen LogP contribution in [0.1, 0.15) is 34.6 Å². The molecular weight excluding hydrogens is 286 g/mol. The first kappa shape index (κ1) is 18.2. The molecule has 0 aromatic carbocycles. The van der Waals surface area contributed by atoms with E-state index in [1.807, 2.05) is 0 Å². The normalized spacial score (nSPS) is 23.8. The Balaban J connectivity index is 2.79. The fourth-order valence-corrected chi connectivity index (χ4v) is 2.91. The lowest BCUT2D eigenvalue weighted by atomic mass is 9.70. The Labute approximate surface area is 129 Å². The summed E-state index contributed by atoms with van der Waals surface area (Å²) in [5.74, 6) is -0.815. The van der Waals surface area contributed by atoms with Crippen molar-refractivity contribution in [3.63, 3.8) is 0 Å². The molecule has 0 saturated carbocycles. The van der Waals surface area contributed by atoms with E-state index in [0.29, 0.717) is 6.61 Å². The summed E-state index contributed by atoms with van der Waals surface area (Å²) in [6.45, 7) is 14.6. The van der Waals surface area contributed by atoms with Gasteiger partial charge in [-0.2, -0.15) is 0 Å². The van der Waals surface area contributed by atoms with Crippen LogP contribution in [0.25, 0.3) is 0 Å². The Kier molecular flexibility index (Phi) is 5.98. The standard InChI is InChI=1S/C15H29NO4Si/c1-9(2)14(18)20-13-11(12(17)16-13)10(15(3,4)5)8-19-21(6)7/h9-11,13,21H,8H2,1-7H3,(H,16,17)/t10-,11+,13-/m1/s1. The fourth-order valence-electron chi connectivity index (χ4n) is 2.31. The molecule has 1 heterocycles. The highest BCUT2D eigenvalue weighted by molar-refractivity contribution is 6.48. The minimum Gasteiger partial charge on any atom is -0.441 e. The van der Waals surface area contributed by atoms with Gasteiger partial charge in [-0.3, -0.25) is 9.59 Å². The average Bonchev–Trinajstić information content (AvgIpc) is 2.31. The van der Waals surface area contributed by atoms with Crippen LogP contribution in [0.5, 0.6) is 0 Å². The summed E-state index contributed by atoms with van der Waals surface area (Å²) < 4.78 is 11.3. The molecule has 0 bridgehead atoms. The van der Waals surface area contributed by atoms with Crippen molar-refractivity contribution in [3.8, 4) is 0 Å². The predicted molar refractivity (Wildman–Crippen MR) is 84.1 cm³/mol. The summed E-state index contributed by atoms with van der Waals surface area (Å²) in [7, 11) is -1.15. The molecule has 1 aliphatic rings. The molecule has 0 aliphatic carbocycles. The third kappa shape index (κ3) is 4.81. The van der Waals surface area contributed by atoms with Gasteiger partial charge in [0.1, 0.15) is 0 Å². The molecule has 122 valence electrons. The predicted octanol–water partition coefficient (Wildman–Crippen LogP) is 1.92. The van der Waals surface area contributed by atoms with E-state index in [-0.39, 0.29) is 35.0 Å². The molecule has 3 atom stereocenters. The van der Waals surface area contributed by atoms with Crippen LogP contribution in [0.4, 0.5) is 0 Å². The summed E-state index contributed by atoms with van der Waals surface area (Å²) in [5, 5.41) is 2.69. The molecule has 1 rings (SSSR count). The lowest BCUT2D eigenvalue weighted by Gasteiger charge is -2.45. The van der Waals surface area contributed by atoms with Crippen LogP contribution in [0.3, 0.4) is 0 Å². The lowest BCUT2D eigenvalue weighted by molar-refractivity contribution is -0.179. The maximum atomic E-state index is 12.0. The van der Waals surface area contributed by atoms with E-state index in [1.165, 1.54) is 0 Å². The second-order valence-electron chi connectivity index (χ2n) is 7.40. The molecule has 1 amide bonds. The molecule has 1 fully saturated rings. The second-order valence-corrected chi connectivity index (χ2v) is 9.83. The van der Waals surface area contributed by atoms with Crippen molar-refractivity contribution in [3.05, 3.63) is 0 Å². The minimum atomic E-state index is -1.15. The highest BCUT2D eigenvalue weighted by Gasteiger charge is 2.50. The van der Waals surface area contributed by atoms with Crippen molar-refractivity contribution in [1.82, 2.24) is 5.32 Å². The van der Waals surface area contributed by atoms with Crippen molar-refractivity contribution >= 4 is 20.9 Å². The highest BCUT2D eigenvalue weighted by atomic mass is 28.3. The lowest BCUT2D eigenvalue weighted by Crippen LogP contribution is -2.65. The van der Waals surface area contributed by atoms with Gasteiger partial charge in [0.25, 0.3) is 0 Å². The second kappa shape index (κ2) is 6.92. The molecule has 1 aliphatic heterocycles. The first-order chi connectivity index (χ1) is 9.54. The van der Waals surface area contributed by atoms with Gasteiger partial charge >= 0.3 is 5.97 Å². The van der Waals surface area contributed by atoms with Crippen LogP contribution < -0.4 is 5.32 Å². The maximum Gasteiger partial charge on any atom is 0.310 e. The van der Waals surface area contributed by atoms with Crippen LogP contribution >= 0.6 is 0 Å². The van der Waals surface area contributed by atoms with Gasteiger partial charge in [-0.1, -0.05) is 34.6 Å². The summed E-state index contributed by atoms with van der Waals surface area (Å²) in [4.78, 5) is 23.7. The number of amides is 1. The quantitative estimate of drug-likeness (QED) is 0.462. The van der Waals surface area contributed by atoms with E-state index in [4.69, 9.17) is 9.16 Å². The third-order valence-corrected chi connectivity index (χ3v) is 4.64. The number of β-lactam (4-membered cyclic amide) rings is 1. The van der Waals surface area contributed by atoms with E-state index < -0.39 is 15.3 Å². The van der Waals surface area contributed by atoms with Gasteiger partial charge in [0.2, 0.25) is 5.91 Å². The molecular formula is C15H29NO4Si. The Bertz CT molecular complexity index is 390. The molecule has 6 heteroatoms. The van der Waals surface area contributed by atoms with Gasteiger partial charge in [0.05, 0.1) is 11.8 Å². The largest absolute Gasteiger partial charge is 0.441 e. The van der Waals surface area contributed by atoms with Crippen molar-refractivity contribution in [2.45, 2.75) is 53.9 Å². The summed E-state index contributed by atoms with van der Waals surface area (Å²) in [6, 6.07) is 0. The van der Waals surface area contributed by atoms with Gasteiger partial charge in [0.15, 0.2) is 15.3 Å². The number of rotatable bonds is 6. The molecule has 0 aromatic heterocycles. The number of carbonyl (C=O) groups is 2. The van der Waals surface area contributed by atoms with Crippen molar-refractivity contribution in [1.29, 1.82) is 0 Å². The summed E-state index contributed by atoms with van der Waals surface area (Å²) >= 11 is 0. The van der Waals surface area contributed by atoms with Crippen LogP contribution in [0, 0.1) is 23.2 Å². The van der Waals surface area contributed by atoms with Crippen LogP contribution in [0.15, 0.2) is 0 Å². The molecule has 0 radical (unpaired) electrons. The fraction of sp³-hybridized carbons (Fsp3) is 0.867. The van der Waals surface area contributed by atoms with E-state index in [0.717, 1.165) is 0 Å². The third-order valence-electron chi connectivity index (χ3n) is 3.78. The Hall–Kier alpha value is -0.883. The van der Waals surface area contributed by atoms with Crippen molar-refractivity contribution in [2.24, 2.45) is 23.2 Å². The number of hydrogen-bond acceptors (Lipinski definition) is 4. The topological polar surface area (TPSA) is 64.6 Å². The number of ether oxygens (including phenoxy) is 1. The SMILES string of the molecule is CC(C)C(=O)O[C@H]1NC(=O)[C@@H]1[C@@H](CO[SiH](C)C)C(C)(C)C. The molecule has 0 unspecified atom stereocenters. The number of hydrogen-bond donors (Lipinski definition) is 1. The van der Waals surface area contributed by atoms with E-state index in [9.17, 15) is 9.59 Å². The van der Waals surface area contributed by atoms with E-state index in [2.05, 4.69) is 39.2 Å².